The average molecular weight is 151 g/mol. The van der Waals surface area contributed by atoms with E-state index in [1.165, 1.54) is 0 Å². The Morgan fingerprint density at radius 2 is 2.27 bits per heavy atom. The summed E-state index contributed by atoms with van der Waals surface area (Å²) >= 11 is 0. The van der Waals surface area contributed by atoms with Crippen molar-refractivity contribution in [1.82, 2.24) is 14.5 Å². The topological polar surface area (TPSA) is 85.7 Å². The molecule has 0 aliphatic rings. The van der Waals surface area contributed by atoms with Crippen molar-refractivity contribution in [2.75, 3.05) is 11.5 Å². The predicted octanol–water partition coefficient (Wildman–Crippen LogP) is 0.0658. The van der Waals surface area contributed by atoms with Crippen molar-refractivity contribution >= 4 is 22.9 Å². The highest BCUT2D eigenvalue weighted by Gasteiger charge is 2.05. The Morgan fingerprint density at radius 3 is 2.91 bits per heavy atom. The van der Waals surface area contributed by atoms with Gasteiger partial charge in [-0.15, -0.1) is 0 Å². The molecule has 0 aliphatic carbocycles. The second kappa shape index (κ2) is 1.69. The fourth-order valence-electron chi connectivity index (χ4n) is 1.11. The van der Waals surface area contributed by atoms with E-state index in [1.807, 2.05) is 7.05 Å². The molecule has 0 bridgehead atoms. The molecule has 5 N–H and O–H groups in total. The first kappa shape index (κ1) is 6.09. The lowest BCUT2D eigenvalue weighted by molar-refractivity contribution is 0.965. The van der Waals surface area contributed by atoms with Crippen LogP contribution < -0.4 is 11.5 Å². The van der Waals surface area contributed by atoms with Gasteiger partial charge in [-0.1, -0.05) is 0 Å². The van der Waals surface area contributed by atoms with Gasteiger partial charge in [0.25, 0.3) is 0 Å². The van der Waals surface area contributed by atoms with Crippen LogP contribution in [0.5, 0.6) is 0 Å². The van der Waals surface area contributed by atoms with Crippen molar-refractivity contribution in [1.29, 1.82) is 0 Å². The maximum atomic E-state index is 5.54. The third kappa shape index (κ3) is 0.674. The van der Waals surface area contributed by atoms with Crippen LogP contribution in [0.1, 0.15) is 0 Å². The fraction of sp³-hybridized carbons (Fsp3) is 0.167. The molecule has 5 heteroatoms. The van der Waals surface area contributed by atoms with Gasteiger partial charge in [0.05, 0.1) is 5.52 Å². The van der Waals surface area contributed by atoms with Crippen LogP contribution in [0.4, 0.5) is 11.8 Å². The molecule has 0 radical (unpaired) electrons. The predicted molar refractivity (Wildman–Crippen MR) is 43.9 cm³/mol. The monoisotopic (exact) mass is 151 g/mol. The second-order valence-corrected chi connectivity index (χ2v) is 2.49. The minimum Gasteiger partial charge on any atom is -0.385 e. The van der Waals surface area contributed by atoms with Crippen LogP contribution >= 0.6 is 0 Å². The number of nitrogen functional groups attached to an aromatic ring is 2. The molecule has 2 aromatic heterocycles. The molecular weight excluding hydrogens is 142 g/mol. The number of aromatic amines is 1. The van der Waals surface area contributed by atoms with E-state index in [1.54, 1.807) is 10.6 Å². The number of imidazole rings is 1. The summed E-state index contributed by atoms with van der Waals surface area (Å²) in [5, 5.41) is 0. The number of fused-ring (bicyclic) bond motifs is 1. The van der Waals surface area contributed by atoms with E-state index in [2.05, 4.69) is 9.97 Å². The number of H-pyrrole nitrogens is 1. The molecule has 2 heterocycles. The fourth-order valence-corrected chi connectivity index (χ4v) is 1.11. The van der Waals surface area contributed by atoms with Crippen molar-refractivity contribution in [3.05, 3.63) is 6.07 Å². The van der Waals surface area contributed by atoms with E-state index >= 15 is 0 Å². The highest BCUT2D eigenvalue weighted by molar-refractivity contribution is 5.79. The molecule has 0 atom stereocenters. The Balaban J connectivity index is 2.88. The largest absolute Gasteiger partial charge is 0.385 e. The van der Waals surface area contributed by atoms with Gasteiger partial charge in [0.15, 0.2) is 5.65 Å². The quantitative estimate of drug-likeness (QED) is 0.498. The summed E-state index contributed by atoms with van der Waals surface area (Å²) in [5.41, 5.74) is 12.7. The first-order valence-corrected chi connectivity index (χ1v) is 3.25. The van der Waals surface area contributed by atoms with Gasteiger partial charge >= 0.3 is 0 Å². The van der Waals surface area contributed by atoms with Gasteiger partial charge in [-0.05, 0) is 0 Å². The standard InChI is InChI=1S/C6H9N5/c1-11-3-2-4(7)9-5(3)10-6(11)8/h2,9H,7H2,1H3,(H2,8,10). The molecule has 0 aliphatic heterocycles. The highest BCUT2D eigenvalue weighted by Crippen LogP contribution is 2.17. The van der Waals surface area contributed by atoms with E-state index in [0.717, 1.165) is 11.2 Å². The number of rotatable bonds is 0. The Bertz CT molecular complexity index is 396. The zero-order chi connectivity index (χ0) is 8.01. The Hall–Kier alpha value is -1.65. The van der Waals surface area contributed by atoms with E-state index < -0.39 is 0 Å². The molecule has 2 aromatic rings. The summed E-state index contributed by atoms with van der Waals surface area (Å²) in [6, 6.07) is 1.80. The van der Waals surface area contributed by atoms with Gasteiger partial charge in [-0.3, -0.25) is 0 Å². The number of hydrogen-bond donors (Lipinski definition) is 3. The maximum absolute atomic E-state index is 5.54. The molecule has 0 unspecified atom stereocenters. The Kier molecular flexibility index (Phi) is 0.934. The van der Waals surface area contributed by atoms with E-state index in [-0.39, 0.29) is 0 Å². The molecule has 0 aromatic carbocycles. The molecular formula is C6H9N5. The van der Waals surface area contributed by atoms with Crippen molar-refractivity contribution in [2.24, 2.45) is 7.05 Å². The zero-order valence-electron chi connectivity index (χ0n) is 6.13. The Morgan fingerprint density at radius 1 is 1.55 bits per heavy atom. The van der Waals surface area contributed by atoms with Crippen molar-refractivity contribution in [2.45, 2.75) is 0 Å². The minimum atomic E-state index is 0.492. The van der Waals surface area contributed by atoms with Crippen LogP contribution in [-0.2, 0) is 7.05 Å². The average Bonchev–Trinajstić information content (AvgIpc) is 2.37. The van der Waals surface area contributed by atoms with E-state index in [4.69, 9.17) is 11.5 Å². The first-order chi connectivity index (χ1) is 5.18. The molecule has 58 valence electrons. The second-order valence-electron chi connectivity index (χ2n) is 2.49. The van der Waals surface area contributed by atoms with Gasteiger partial charge in [0.2, 0.25) is 5.95 Å². The molecule has 0 amide bonds. The summed E-state index contributed by atoms with van der Waals surface area (Å²) in [6.45, 7) is 0. The molecule has 2 rings (SSSR count). The number of aromatic nitrogens is 3. The number of aryl methyl sites for hydroxylation is 1. The lowest BCUT2D eigenvalue weighted by Crippen LogP contribution is -1.96. The van der Waals surface area contributed by atoms with Crippen molar-refractivity contribution in [3.8, 4) is 0 Å². The summed E-state index contributed by atoms with van der Waals surface area (Å²) in [7, 11) is 1.85. The number of nitrogens with zero attached hydrogens (tertiary/aromatic N) is 2. The third-order valence-electron chi connectivity index (χ3n) is 1.73. The SMILES string of the molecule is Cn1c(N)nc2[nH]c(N)cc21. The van der Waals surface area contributed by atoms with Gasteiger partial charge in [-0.25, -0.2) is 0 Å². The smallest absolute Gasteiger partial charge is 0.202 e. The maximum Gasteiger partial charge on any atom is 0.202 e. The summed E-state index contributed by atoms with van der Waals surface area (Å²) < 4.78 is 1.78. The van der Waals surface area contributed by atoms with Gasteiger partial charge < -0.3 is 21.0 Å². The van der Waals surface area contributed by atoms with Crippen molar-refractivity contribution in [3.63, 3.8) is 0 Å². The molecule has 11 heavy (non-hydrogen) atoms. The van der Waals surface area contributed by atoms with E-state index in [9.17, 15) is 0 Å². The van der Waals surface area contributed by atoms with Crippen LogP contribution in [0.25, 0.3) is 11.2 Å². The summed E-state index contributed by atoms with van der Waals surface area (Å²) in [6.07, 6.45) is 0. The highest BCUT2D eigenvalue weighted by atomic mass is 15.2. The lowest BCUT2D eigenvalue weighted by Gasteiger charge is -1.91. The number of hydrogen-bond acceptors (Lipinski definition) is 3. The van der Waals surface area contributed by atoms with E-state index in [0.29, 0.717) is 11.8 Å². The minimum absolute atomic E-state index is 0.492. The first-order valence-electron chi connectivity index (χ1n) is 3.25. The van der Waals surface area contributed by atoms with Crippen LogP contribution in [-0.4, -0.2) is 14.5 Å². The van der Waals surface area contributed by atoms with Gasteiger partial charge in [0, 0.05) is 13.1 Å². The molecule has 0 saturated carbocycles. The Labute approximate surface area is 63.0 Å². The van der Waals surface area contributed by atoms with Gasteiger partial charge in [0.1, 0.15) is 5.82 Å². The lowest BCUT2D eigenvalue weighted by atomic mass is 10.5. The van der Waals surface area contributed by atoms with Crippen LogP contribution in [0.15, 0.2) is 6.07 Å². The zero-order valence-corrected chi connectivity index (χ0v) is 6.13. The third-order valence-corrected chi connectivity index (χ3v) is 1.73. The summed E-state index contributed by atoms with van der Waals surface area (Å²) in [4.78, 5) is 6.92. The molecule has 5 nitrogen and oxygen atoms in total. The molecule has 0 fully saturated rings. The molecule has 0 spiro atoms. The van der Waals surface area contributed by atoms with Gasteiger partial charge in [-0.2, -0.15) is 4.98 Å². The molecule has 0 saturated heterocycles. The number of anilines is 2. The number of nitrogens with one attached hydrogen (secondary N) is 1. The van der Waals surface area contributed by atoms with Crippen LogP contribution in [0.3, 0.4) is 0 Å². The normalized spacial score (nSPS) is 11.0. The summed E-state index contributed by atoms with van der Waals surface area (Å²) in [5.74, 6) is 1.10. The van der Waals surface area contributed by atoms with Crippen LogP contribution in [0.2, 0.25) is 0 Å². The van der Waals surface area contributed by atoms with Crippen molar-refractivity contribution < 1.29 is 0 Å². The van der Waals surface area contributed by atoms with Crippen LogP contribution in [0, 0.1) is 0 Å². The number of nitrogens with two attached hydrogens (primary N) is 2.